The van der Waals surface area contributed by atoms with Gasteiger partial charge in [0.15, 0.2) is 5.82 Å². The lowest BCUT2D eigenvalue weighted by Crippen LogP contribution is -2.45. The lowest BCUT2D eigenvalue weighted by molar-refractivity contribution is -0.123. The molecule has 1 amide bonds. The first-order valence-electron chi connectivity index (χ1n) is 10.8. The van der Waals surface area contributed by atoms with Crippen molar-refractivity contribution in [2.24, 2.45) is 5.92 Å². The van der Waals surface area contributed by atoms with E-state index in [0.717, 1.165) is 63.7 Å². The minimum absolute atomic E-state index is 0. The van der Waals surface area contributed by atoms with E-state index in [2.05, 4.69) is 25.7 Å². The molecule has 1 saturated carbocycles. The van der Waals surface area contributed by atoms with E-state index in [4.69, 9.17) is 4.52 Å². The average Bonchev–Trinajstić information content (AvgIpc) is 3.39. The van der Waals surface area contributed by atoms with Crippen molar-refractivity contribution >= 4 is 18.3 Å². The molecule has 0 aromatic carbocycles. The Morgan fingerprint density at radius 1 is 1.14 bits per heavy atom. The standard InChI is InChI=1S/C20H33N5O2.ClH/c26-19(17-9-4-10-21-17)22-12-15-6-5-11-25(13-15)14-18-23-20(27-24-18)16-7-2-1-3-8-16;/h15-17,21H,1-14H2,(H,22,26);1H. The number of amides is 1. The number of nitrogens with zero attached hydrogens (tertiary/aromatic N) is 3. The van der Waals surface area contributed by atoms with Gasteiger partial charge in [0.25, 0.3) is 0 Å². The van der Waals surface area contributed by atoms with Crippen LogP contribution in [-0.4, -0.2) is 53.2 Å². The summed E-state index contributed by atoms with van der Waals surface area (Å²) in [6.45, 7) is 4.55. The molecule has 1 aliphatic carbocycles. The molecule has 0 radical (unpaired) electrons. The number of hydrogen-bond acceptors (Lipinski definition) is 6. The van der Waals surface area contributed by atoms with Gasteiger partial charge < -0.3 is 15.2 Å². The zero-order valence-corrected chi connectivity index (χ0v) is 17.5. The van der Waals surface area contributed by atoms with Gasteiger partial charge in [0.05, 0.1) is 12.6 Å². The van der Waals surface area contributed by atoms with E-state index >= 15 is 0 Å². The van der Waals surface area contributed by atoms with Crippen LogP contribution in [0.4, 0.5) is 0 Å². The number of likely N-dealkylation sites (tertiary alicyclic amines) is 1. The summed E-state index contributed by atoms with van der Waals surface area (Å²) in [5, 5.41) is 10.6. The number of carbonyl (C=O) groups excluding carboxylic acids is 1. The van der Waals surface area contributed by atoms with Crippen LogP contribution in [-0.2, 0) is 11.3 Å². The molecule has 7 nitrogen and oxygen atoms in total. The van der Waals surface area contributed by atoms with E-state index < -0.39 is 0 Å². The zero-order valence-electron chi connectivity index (χ0n) is 16.7. The molecule has 2 unspecified atom stereocenters. The molecule has 0 spiro atoms. The number of hydrogen-bond donors (Lipinski definition) is 2. The quantitative estimate of drug-likeness (QED) is 0.748. The lowest BCUT2D eigenvalue weighted by atomic mass is 9.89. The normalized spacial score (nSPS) is 26.7. The van der Waals surface area contributed by atoms with Gasteiger partial charge in [-0.1, -0.05) is 24.4 Å². The molecular formula is C20H34ClN5O2. The number of rotatable bonds is 6. The minimum atomic E-state index is 0. The molecule has 3 fully saturated rings. The second kappa shape index (κ2) is 10.6. The summed E-state index contributed by atoms with van der Waals surface area (Å²) in [6.07, 6.45) is 10.7. The molecule has 0 bridgehead atoms. The first kappa shape index (κ1) is 21.5. The Hall–Kier alpha value is -1.18. The van der Waals surface area contributed by atoms with E-state index in [0.29, 0.717) is 11.8 Å². The molecule has 2 atom stereocenters. The van der Waals surface area contributed by atoms with Gasteiger partial charge >= 0.3 is 0 Å². The Balaban J connectivity index is 0.00000225. The highest BCUT2D eigenvalue weighted by atomic mass is 35.5. The van der Waals surface area contributed by atoms with Gasteiger partial charge in [0.1, 0.15) is 0 Å². The first-order valence-corrected chi connectivity index (χ1v) is 10.8. The molecule has 1 aromatic rings. The van der Waals surface area contributed by atoms with E-state index in [-0.39, 0.29) is 24.4 Å². The third-order valence-corrected chi connectivity index (χ3v) is 6.35. The summed E-state index contributed by atoms with van der Waals surface area (Å²) < 4.78 is 5.56. The van der Waals surface area contributed by atoms with Crippen LogP contribution in [0.15, 0.2) is 4.52 Å². The summed E-state index contributed by atoms with van der Waals surface area (Å²) in [4.78, 5) is 19.3. The monoisotopic (exact) mass is 411 g/mol. The molecular weight excluding hydrogens is 378 g/mol. The summed E-state index contributed by atoms with van der Waals surface area (Å²) >= 11 is 0. The predicted molar refractivity (Wildman–Crippen MR) is 109 cm³/mol. The second-order valence-electron chi connectivity index (χ2n) is 8.52. The van der Waals surface area contributed by atoms with Crippen molar-refractivity contribution < 1.29 is 9.32 Å². The summed E-state index contributed by atoms with van der Waals surface area (Å²) in [7, 11) is 0. The SMILES string of the molecule is Cl.O=C(NCC1CCCN(Cc2noc(C3CCCCC3)n2)C1)C1CCCN1. The van der Waals surface area contributed by atoms with Crippen molar-refractivity contribution in [1.82, 2.24) is 25.7 Å². The highest BCUT2D eigenvalue weighted by molar-refractivity contribution is 5.85. The Morgan fingerprint density at radius 2 is 2.00 bits per heavy atom. The molecule has 1 aromatic heterocycles. The van der Waals surface area contributed by atoms with E-state index in [1.165, 1.54) is 38.5 Å². The fraction of sp³-hybridized carbons (Fsp3) is 0.850. The summed E-state index contributed by atoms with van der Waals surface area (Å²) in [5.41, 5.74) is 0. The number of nitrogens with one attached hydrogen (secondary N) is 2. The molecule has 3 heterocycles. The molecule has 3 aliphatic rings. The number of halogens is 1. The number of piperidine rings is 1. The fourth-order valence-corrected chi connectivity index (χ4v) is 4.79. The van der Waals surface area contributed by atoms with Gasteiger partial charge in [-0.3, -0.25) is 9.69 Å². The van der Waals surface area contributed by atoms with Crippen molar-refractivity contribution in [3.63, 3.8) is 0 Å². The topological polar surface area (TPSA) is 83.3 Å². The molecule has 2 aliphatic heterocycles. The Labute approximate surface area is 173 Å². The van der Waals surface area contributed by atoms with Crippen molar-refractivity contribution in [2.45, 2.75) is 76.3 Å². The van der Waals surface area contributed by atoms with Crippen molar-refractivity contribution in [3.05, 3.63) is 11.7 Å². The highest BCUT2D eigenvalue weighted by Crippen LogP contribution is 2.31. The molecule has 2 saturated heterocycles. The van der Waals surface area contributed by atoms with Crippen LogP contribution in [0.3, 0.4) is 0 Å². The van der Waals surface area contributed by atoms with E-state index in [9.17, 15) is 4.79 Å². The van der Waals surface area contributed by atoms with Crippen molar-refractivity contribution in [3.8, 4) is 0 Å². The number of aromatic nitrogens is 2. The van der Waals surface area contributed by atoms with Crippen LogP contribution < -0.4 is 10.6 Å². The van der Waals surface area contributed by atoms with Crippen LogP contribution >= 0.6 is 12.4 Å². The maximum atomic E-state index is 12.2. The van der Waals surface area contributed by atoms with Crippen LogP contribution in [0.1, 0.15) is 75.4 Å². The third kappa shape index (κ3) is 5.67. The summed E-state index contributed by atoms with van der Waals surface area (Å²) in [6, 6.07) is 0.0160. The second-order valence-corrected chi connectivity index (χ2v) is 8.52. The Morgan fingerprint density at radius 3 is 2.79 bits per heavy atom. The maximum absolute atomic E-state index is 12.2. The first-order chi connectivity index (χ1) is 13.3. The Bertz CT molecular complexity index is 613. The van der Waals surface area contributed by atoms with Crippen LogP contribution in [0.25, 0.3) is 0 Å². The van der Waals surface area contributed by atoms with Crippen molar-refractivity contribution in [2.75, 3.05) is 26.2 Å². The number of carbonyl (C=O) groups is 1. The van der Waals surface area contributed by atoms with Crippen LogP contribution in [0.5, 0.6) is 0 Å². The van der Waals surface area contributed by atoms with Crippen LogP contribution in [0, 0.1) is 5.92 Å². The predicted octanol–water partition coefficient (Wildman–Crippen LogP) is 2.62. The van der Waals surface area contributed by atoms with E-state index in [1.807, 2.05) is 0 Å². The molecule has 4 rings (SSSR count). The molecule has 8 heteroatoms. The van der Waals surface area contributed by atoms with Gasteiger partial charge in [0.2, 0.25) is 11.8 Å². The zero-order chi connectivity index (χ0) is 18.5. The van der Waals surface area contributed by atoms with Gasteiger partial charge in [-0.15, -0.1) is 12.4 Å². The maximum Gasteiger partial charge on any atom is 0.237 e. The fourth-order valence-electron chi connectivity index (χ4n) is 4.79. The van der Waals surface area contributed by atoms with Gasteiger partial charge in [-0.2, -0.15) is 4.98 Å². The smallest absolute Gasteiger partial charge is 0.237 e. The van der Waals surface area contributed by atoms with E-state index in [1.54, 1.807) is 0 Å². The lowest BCUT2D eigenvalue weighted by Gasteiger charge is -2.32. The third-order valence-electron chi connectivity index (χ3n) is 6.35. The summed E-state index contributed by atoms with van der Waals surface area (Å²) in [5.74, 6) is 2.80. The van der Waals surface area contributed by atoms with Gasteiger partial charge in [0, 0.05) is 19.0 Å². The molecule has 28 heavy (non-hydrogen) atoms. The van der Waals surface area contributed by atoms with Gasteiger partial charge in [-0.25, -0.2) is 0 Å². The molecule has 158 valence electrons. The van der Waals surface area contributed by atoms with Gasteiger partial charge in [-0.05, 0) is 57.5 Å². The minimum Gasteiger partial charge on any atom is -0.354 e. The van der Waals surface area contributed by atoms with Crippen LogP contribution in [0.2, 0.25) is 0 Å². The highest BCUT2D eigenvalue weighted by Gasteiger charge is 2.26. The van der Waals surface area contributed by atoms with Crippen molar-refractivity contribution in [1.29, 1.82) is 0 Å². The average molecular weight is 412 g/mol. The largest absolute Gasteiger partial charge is 0.354 e. The Kier molecular flexibility index (Phi) is 8.11. The molecule has 2 N–H and O–H groups in total.